The zero-order chi connectivity index (χ0) is 13.7. The summed E-state index contributed by atoms with van der Waals surface area (Å²) in [4.78, 5) is 14.8. The smallest absolute Gasteiger partial charge is 0.263 e. The first-order valence-electron chi connectivity index (χ1n) is 6.32. The van der Waals surface area contributed by atoms with E-state index in [2.05, 4.69) is 0 Å². The highest BCUT2D eigenvalue weighted by Crippen LogP contribution is 2.25. The fourth-order valence-electron chi connectivity index (χ4n) is 2.13. The Morgan fingerprint density at radius 2 is 2.37 bits per heavy atom. The number of thiophene rings is 1. The molecule has 0 bridgehead atoms. The summed E-state index contributed by atoms with van der Waals surface area (Å²) in [5.74, 6) is 0.507. The number of hydrogen-bond acceptors (Lipinski definition) is 4. The Bertz CT molecular complexity index is 424. The van der Waals surface area contributed by atoms with Crippen molar-refractivity contribution in [2.75, 3.05) is 40.0 Å². The number of hydrogen-bond donors (Lipinski definition) is 0. The molecular weight excluding hydrogens is 286 g/mol. The van der Waals surface area contributed by atoms with E-state index < -0.39 is 0 Å². The third-order valence-electron chi connectivity index (χ3n) is 3.14. The van der Waals surface area contributed by atoms with Crippen molar-refractivity contribution >= 4 is 28.8 Å². The molecule has 1 aliphatic rings. The van der Waals surface area contributed by atoms with Gasteiger partial charge in [0.2, 0.25) is 0 Å². The van der Waals surface area contributed by atoms with Crippen LogP contribution >= 0.6 is 22.9 Å². The van der Waals surface area contributed by atoms with Crippen LogP contribution in [-0.2, 0) is 9.47 Å². The Morgan fingerprint density at radius 3 is 3.05 bits per heavy atom. The van der Waals surface area contributed by atoms with Crippen LogP contribution in [0, 0.1) is 5.92 Å². The van der Waals surface area contributed by atoms with E-state index in [9.17, 15) is 4.79 Å². The van der Waals surface area contributed by atoms with E-state index >= 15 is 0 Å². The number of nitrogens with zero attached hydrogens (tertiary/aromatic N) is 1. The Morgan fingerprint density at radius 1 is 1.53 bits per heavy atom. The van der Waals surface area contributed by atoms with Gasteiger partial charge in [-0.15, -0.1) is 11.3 Å². The average molecular weight is 304 g/mol. The quantitative estimate of drug-likeness (QED) is 0.758. The lowest BCUT2D eigenvalue weighted by Crippen LogP contribution is -2.28. The summed E-state index contributed by atoms with van der Waals surface area (Å²) in [6, 6.07) is 3.55. The molecule has 0 aliphatic carbocycles. The second-order valence-corrected chi connectivity index (χ2v) is 6.29. The molecule has 0 aromatic carbocycles. The summed E-state index contributed by atoms with van der Waals surface area (Å²) in [5.41, 5.74) is 0. The highest BCUT2D eigenvalue weighted by atomic mass is 35.5. The topological polar surface area (TPSA) is 38.8 Å². The first kappa shape index (κ1) is 14.8. The van der Waals surface area contributed by atoms with Crippen LogP contribution < -0.4 is 0 Å². The zero-order valence-corrected chi connectivity index (χ0v) is 12.5. The third kappa shape index (κ3) is 4.18. The monoisotopic (exact) mass is 303 g/mol. The zero-order valence-electron chi connectivity index (χ0n) is 10.9. The van der Waals surface area contributed by atoms with Gasteiger partial charge < -0.3 is 14.4 Å². The highest BCUT2D eigenvalue weighted by molar-refractivity contribution is 7.17. The van der Waals surface area contributed by atoms with Gasteiger partial charge in [0.25, 0.3) is 5.91 Å². The van der Waals surface area contributed by atoms with E-state index in [1.807, 2.05) is 4.90 Å². The summed E-state index contributed by atoms with van der Waals surface area (Å²) >= 11 is 7.19. The molecule has 0 spiro atoms. The van der Waals surface area contributed by atoms with E-state index in [-0.39, 0.29) is 5.91 Å². The predicted octanol–water partition coefficient (Wildman–Crippen LogP) is 2.53. The summed E-state index contributed by atoms with van der Waals surface area (Å²) in [6.07, 6.45) is 0.998. The molecule has 0 saturated carbocycles. The second kappa shape index (κ2) is 7.24. The number of methoxy groups -OCH3 is 1. The Kier molecular flexibility index (Phi) is 5.63. The fraction of sp³-hybridized carbons (Fsp3) is 0.615. The molecule has 1 amide bonds. The number of rotatable bonds is 6. The summed E-state index contributed by atoms with van der Waals surface area (Å²) in [6.45, 7) is 3.48. The van der Waals surface area contributed by atoms with Crippen molar-refractivity contribution in [2.45, 2.75) is 6.42 Å². The van der Waals surface area contributed by atoms with Crippen LogP contribution in [-0.4, -0.2) is 50.8 Å². The van der Waals surface area contributed by atoms with Crippen LogP contribution in [0.5, 0.6) is 0 Å². The van der Waals surface area contributed by atoms with Gasteiger partial charge in [0.1, 0.15) is 0 Å². The van der Waals surface area contributed by atoms with Crippen LogP contribution in [0.4, 0.5) is 0 Å². The molecule has 1 aliphatic heterocycles. The van der Waals surface area contributed by atoms with Crippen molar-refractivity contribution in [1.82, 2.24) is 4.90 Å². The lowest BCUT2D eigenvalue weighted by atomic mass is 10.1. The highest BCUT2D eigenvalue weighted by Gasteiger charge is 2.27. The maximum absolute atomic E-state index is 12.2. The number of amides is 1. The molecule has 19 heavy (non-hydrogen) atoms. The molecule has 1 saturated heterocycles. The standard InChI is InChI=1S/C13H18ClNO3S/c1-17-6-7-18-9-10-4-5-15(8-10)13(16)11-2-3-12(14)19-11/h2-3,10H,4-9H2,1H3. The van der Waals surface area contributed by atoms with Gasteiger partial charge in [0.15, 0.2) is 0 Å². The van der Waals surface area contributed by atoms with Crippen LogP contribution in [0.15, 0.2) is 12.1 Å². The van der Waals surface area contributed by atoms with Gasteiger partial charge in [-0.2, -0.15) is 0 Å². The first-order valence-corrected chi connectivity index (χ1v) is 7.51. The van der Waals surface area contributed by atoms with E-state index in [0.717, 1.165) is 19.5 Å². The third-order valence-corrected chi connectivity index (χ3v) is 4.36. The molecule has 6 heteroatoms. The lowest BCUT2D eigenvalue weighted by molar-refractivity contribution is 0.0516. The number of halogens is 1. The van der Waals surface area contributed by atoms with E-state index in [0.29, 0.717) is 35.0 Å². The summed E-state index contributed by atoms with van der Waals surface area (Å²) < 4.78 is 11.1. The van der Waals surface area contributed by atoms with E-state index in [4.69, 9.17) is 21.1 Å². The number of ether oxygens (including phenoxy) is 2. The molecule has 1 atom stereocenters. The van der Waals surface area contributed by atoms with Gasteiger partial charge >= 0.3 is 0 Å². The van der Waals surface area contributed by atoms with Gasteiger partial charge in [-0.3, -0.25) is 4.79 Å². The molecule has 106 valence electrons. The van der Waals surface area contributed by atoms with E-state index in [1.165, 1.54) is 11.3 Å². The Hall–Kier alpha value is -0.620. The van der Waals surface area contributed by atoms with Gasteiger partial charge in [-0.25, -0.2) is 0 Å². The number of likely N-dealkylation sites (tertiary alicyclic amines) is 1. The molecule has 0 N–H and O–H groups in total. The number of carbonyl (C=O) groups excluding carboxylic acids is 1. The van der Waals surface area contributed by atoms with Crippen molar-refractivity contribution in [2.24, 2.45) is 5.92 Å². The van der Waals surface area contributed by atoms with Gasteiger partial charge in [-0.05, 0) is 18.6 Å². The van der Waals surface area contributed by atoms with Crippen molar-refractivity contribution in [3.8, 4) is 0 Å². The lowest BCUT2D eigenvalue weighted by Gasteiger charge is -2.15. The minimum absolute atomic E-state index is 0.0799. The van der Waals surface area contributed by atoms with Crippen molar-refractivity contribution in [3.63, 3.8) is 0 Å². The molecule has 1 unspecified atom stereocenters. The maximum atomic E-state index is 12.2. The van der Waals surface area contributed by atoms with Crippen molar-refractivity contribution < 1.29 is 14.3 Å². The molecular formula is C13H18ClNO3S. The predicted molar refractivity (Wildman–Crippen MR) is 76.0 cm³/mol. The Balaban J connectivity index is 1.76. The molecule has 1 aromatic rings. The van der Waals surface area contributed by atoms with Gasteiger partial charge in [0, 0.05) is 26.1 Å². The minimum atomic E-state index is 0.0799. The largest absolute Gasteiger partial charge is 0.382 e. The summed E-state index contributed by atoms with van der Waals surface area (Å²) in [7, 11) is 1.66. The summed E-state index contributed by atoms with van der Waals surface area (Å²) in [5, 5.41) is 0. The number of carbonyl (C=O) groups is 1. The second-order valence-electron chi connectivity index (χ2n) is 4.58. The van der Waals surface area contributed by atoms with Crippen molar-refractivity contribution in [3.05, 3.63) is 21.3 Å². The minimum Gasteiger partial charge on any atom is -0.382 e. The normalized spacial score (nSPS) is 19.1. The molecule has 1 fully saturated rings. The van der Waals surface area contributed by atoms with Crippen LogP contribution in [0.1, 0.15) is 16.1 Å². The van der Waals surface area contributed by atoms with Crippen LogP contribution in [0.3, 0.4) is 0 Å². The molecule has 2 heterocycles. The molecule has 2 rings (SSSR count). The molecule has 0 radical (unpaired) electrons. The SMILES string of the molecule is COCCOCC1CCN(C(=O)c2ccc(Cl)s2)C1. The van der Waals surface area contributed by atoms with E-state index in [1.54, 1.807) is 19.2 Å². The first-order chi connectivity index (χ1) is 9.20. The van der Waals surface area contributed by atoms with Crippen molar-refractivity contribution in [1.29, 1.82) is 0 Å². The average Bonchev–Trinajstić information content (AvgIpc) is 3.03. The maximum Gasteiger partial charge on any atom is 0.263 e. The Labute approximate surface area is 122 Å². The van der Waals surface area contributed by atoms with Gasteiger partial charge in [0.05, 0.1) is 29.0 Å². The van der Waals surface area contributed by atoms with Crippen LogP contribution in [0.2, 0.25) is 4.34 Å². The molecule has 1 aromatic heterocycles. The van der Waals surface area contributed by atoms with Crippen LogP contribution in [0.25, 0.3) is 0 Å². The molecule has 4 nitrogen and oxygen atoms in total. The van der Waals surface area contributed by atoms with Gasteiger partial charge in [-0.1, -0.05) is 11.6 Å². The fourth-order valence-corrected chi connectivity index (χ4v) is 3.14.